The van der Waals surface area contributed by atoms with Crippen molar-refractivity contribution < 1.29 is 4.74 Å². The average molecular weight is 414 g/mol. The molecule has 1 aliphatic heterocycles. The van der Waals surface area contributed by atoms with Gasteiger partial charge in [0.25, 0.3) is 5.56 Å². The van der Waals surface area contributed by atoms with E-state index in [0.717, 1.165) is 5.56 Å². The molecule has 3 heterocycles. The molecule has 1 saturated heterocycles. The highest BCUT2D eigenvalue weighted by Crippen LogP contribution is 2.29. The molecule has 31 heavy (non-hydrogen) atoms. The highest BCUT2D eigenvalue weighted by molar-refractivity contribution is 5.95. The van der Waals surface area contributed by atoms with Crippen LogP contribution in [0, 0.1) is 22.7 Å². The molecule has 8 nitrogen and oxygen atoms in total. The van der Waals surface area contributed by atoms with E-state index in [9.17, 15) is 15.3 Å². The Hall–Kier alpha value is -3.88. The summed E-state index contributed by atoms with van der Waals surface area (Å²) >= 11 is 0. The predicted octanol–water partition coefficient (Wildman–Crippen LogP) is 2.69. The van der Waals surface area contributed by atoms with Crippen LogP contribution < -0.4 is 15.8 Å². The number of rotatable bonds is 4. The zero-order valence-electron chi connectivity index (χ0n) is 17.4. The fourth-order valence-electron chi connectivity index (χ4n) is 3.88. The molecule has 0 radical (unpaired) electrons. The van der Waals surface area contributed by atoms with Gasteiger partial charge in [-0.05, 0) is 30.7 Å². The van der Waals surface area contributed by atoms with Crippen LogP contribution in [0.3, 0.4) is 0 Å². The summed E-state index contributed by atoms with van der Waals surface area (Å²) in [6.45, 7) is 4.37. The highest BCUT2D eigenvalue weighted by atomic mass is 16.5. The standard InChI is InChI=1S/C23H22N6O2/c1-15(17-5-3-4-16(10-17)12-24)27-22-19-11-20(29-6-8-31-9-7-29)23(30)28(2)21(19)18(13-25)14-26-22/h3-5,10-11,14-15H,6-9H2,1-2H3,(H,26,27)/t15-/m1/s1. The lowest BCUT2D eigenvalue weighted by atomic mass is 10.1. The van der Waals surface area contributed by atoms with Crippen molar-refractivity contribution in [2.45, 2.75) is 13.0 Å². The summed E-state index contributed by atoms with van der Waals surface area (Å²) in [5.41, 5.74) is 2.82. The van der Waals surface area contributed by atoms with Gasteiger partial charge in [0.15, 0.2) is 0 Å². The van der Waals surface area contributed by atoms with Gasteiger partial charge in [0, 0.05) is 31.7 Å². The Bertz CT molecular complexity index is 1280. The maximum absolute atomic E-state index is 13.1. The van der Waals surface area contributed by atoms with Gasteiger partial charge >= 0.3 is 0 Å². The number of ether oxygens (including phenoxy) is 1. The Morgan fingerprint density at radius 3 is 2.68 bits per heavy atom. The van der Waals surface area contributed by atoms with Crippen molar-refractivity contribution in [1.29, 1.82) is 10.5 Å². The van der Waals surface area contributed by atoms with Crippen LogP contribution in [0.25, 0.3) is 10.9 Å². The number of aryl methyl sites for hydroxylation is 1. The van der Waals surface area contributed by atoms with E-state index in [1.165, 1.54) is 10.8 Å². The first-order chi connectivity index (χ1) is 15.0. The van der Waals surface area contributed by atoms with Crippen molar-refractivity contribution in [1.82, 2.24) is 9.55 Å². The van der Waals surface area contributed by atoms with E-state index in [-0.39, 0.29) is 11.6 Å². The first kappa shape index (κ1) is 20.4. The van der Waals surface area contributed by atoms with Crippen molar-refractivity contribution >= 4 is 22.4 Å². The van der Waals surface area contributed by atoms with Crippen LogP contribution in [0.15, 0.2) is 41.3 Å². The molecule has 0 aliphatic carbocycles. The van der Waals surface area contributed by atoms with E-state index < -0.39 is 0 Å². The molecule has 3 aromatic rings. The molecule has 1 atom stereocenters. The third-order valence-electron chi connectivity index (χ3n) is 5.57. The van der Waals surface area contributed by atoms with Gasteiger partial charge in [0.05, 0.1) is 42.0 Å². The van der Waals surface area contributed by atoms with Crippen LogP contribution in [-0.4, -0.2) is 35.9 Å². The first-order valence-electron chi connectivity index (χ1n) is 10.1. The zero-order valence-corrected chi connectivity index (χ0v) is 17.4. The molecule has 156 valence electrons. The molecule has 0 saturated carbocycles. The molecule has 0 bridgehead atoms. The number of hydrogen-bond acceptors (Lipinski definition) is 7. The van der Waals surface area contributed by atoms with Gasteiger partial charge in [-0.25, -0.2) is 4.98 Å². The van der Waals surface area contributed by atoms with E-state index in [2.05, 4.69) is 22.4 Å². The van der Waals surface area contributed by atoms with Crippen molar-refractivity contribution in [2.24, 2.45) is 7.05 Å². The minimum atomic E-state index is -0.155. The summed E-state index contributed by atoms with van der Waals surface area (Å²) in [4.78, 5) is 19.6. The molecule has 8 heteroatoms. The fourth-order valence-corrected chi connectivity index (χ4v) is 3.88. The van der Waals surface area contributed by atoms with Crippen molar-refractivity contribution in [3.8, 4) is 12.1 Å². The van der Waals surface area contributed by atoms with Crippen molar-refractivity contribution in [2.75, 3.05) is 36.5 Å². The molecule has 1 aliphatic rings. The fraction of sp³-hybridized carbons (Fsp3) is 0.304. The second-order valence-electron chi connectivity index (χ2n) is 7.49. The second-order valence-corrected chi connectivity index (χ2v) is 7.49. The Balaban J connectivity index is 1.83. The van der Waals surface area contributed by atoms with E-state index in [4.69, 9.17) is 4.74 Å². The number of pyridine rings is 2. The van der Waals surface area contributed by atoms with Crippen LogP contribution in [0.5, 0.6) is 0 Å². The van der Waals surface area contributed by atoms with E-state index in [1.54, 1.807) is 13.1 Å². The second kappa shape index (κ2) is 8.47. The SMILES string of the molecule is C[C@@H](Nc1ncc(C#N)c2c1cc(N1CCOCC1)c(=O)n2C)c1cccc(C#N)c1. The molecule has 1 N–H and O–H groups in total. The molecule has 1 aromatic carbocycles. The highest BCUT2D eigenvalue weighted by Gasteiger charge is 2.20. The number of fused-ring (bicyclic) bond motifs is 1. The average Bonchev–Trinajstić information content (AvgIpc) is 2.82. The Labute approximate surface area is 179 Å². The van der Waals surface area contributed by atoms with Gasteiger partial charge in [-0.2, -0.15) is 10.5 Å². The number of aromatic nitrogens is 2. The summed E-state index contributed by atoms with van der Waals surface area (Å²) in [6.07, 6.45) is 1.48. The Kier molecular flexibility index (Phi) is 5.57. The van der Waals surface area contributed by atoms with E-state index in [1.807, 2.05) is 36.1 Å². The van der Waals surface area contributed by atoms with Crippen LogP contribution in [0.4, 0.5) is 11.5 Å². The zero-order chi connectivity index (χ0) is 22.0. The lowest BCUT2D eigenvalue weighted by molar-refractivity contribution is 0.122. The van der Waals surface area contributed by atoms with Gasteiger partial charge in [-0.3, -0.25) is 4.79 Å². The maximum atomic E-state index is 13.1. The van der Waals surface area contributed by atoms with E-state index in [0.29, 0.717) is 59.8 Å². The number of anilines is 2. The van der Waals surface area contributed by atoms with Crippen LogP contribution in [0.2, 0.25) is 0 Å². The van der Waals surface area contributed by atoms with Gasteiger partial charge in [-0.15, -0.1) is 0 Å². The van der Waals surface area contributed by atoms with E-state index >= 15 is 0 Å². The van der Waals surface area contributed by atoms with Gasteiger partial charge < -0.3 is 19.5 Å². The summed E-state index contributed by atoms with van der Waals surface area (Å²) in [7, 11) is 1.68. The lowest BCUT2D eigenvalue weighted by Gasteiger charge is -2.29. The summed E-state index contributed by atoms with van der Waals surface area (Å²) in [5.74, 6) is 0.578. The largest absolute Gasteiger partial charge is 0.378 e. The number of nitriles is 2. The predicted molar refractivity (Wildman–Crippen MR) is 118 cm³/mol. The van der Waals surface area contributed by atoms with Crippen molar-refractivity contribution in [3.05, 3.63) is 63.6 Å². The molecular formula is C23H22N6O2. The Morgan fingerprint density at radius 1 is 1.19 bits per heavy atom. The monoisotopic (exact) mass is 414 g/mol. The number of nitrogens with one attached hydrogen (secondary N) is 1. The molecule has 2 aromatic heterocycles. The minimum Gasteiger partial charge on any atom is -0.378 e. The van der Waals surface area contributed by atoms with Crippen LogP contribution in [-0.2, 0) is 11.8 Å². The number of nitrogens with zero attached hydrogens (tertiary/aromatic N) is 5. The van der Waals surface area contributed by atoms with Crippen LogP contribution in [0.1, 0.15) is 29.7 Å². The maximum Gasteiger partial charge on any atom is 0.274 e. The van der Waals surface area contributed by atoms with Crippen LogP contribution >= 0.6 is 0 Å². The third kappa shape index (κ3) is 3.81. The summed E-state index contributed by atoms with van der Waals surface area (Å²) in [6, 6.07) is 13.4. The van der Waals surface area contributed by atoms with Gasteiger partial charge in [0.1, 0.15) is 17.6 Å². The molecular weight excluding hydrogens is 392 g/mol. The third-order valence-corrected chi connectivity index (χ3v) is 5.57. The summed E-state index contributed by atoms with van der Waals surface area (Å²) < 4.78 is 6.94. The number of morpholine rings is 1. The molecule has 4 rings (SSSR count). The Morgan fingerprint density at radius 2 is 1.97 bits per heavy atom. The first-order valence-corrected chi connectivity index (χ1v) is 10.1. The quantitative estimate of drug-likeness (QED) is 0.699. The topological polar surface area (TPSA) is 107 Å². The lowest BCUT2D eigenvalue weighted by Crippen LogP contribution is -2.40. The number of hydrogen-bond donors (Lipinski definition) is 1. The molecule has 0 amide bonds. The summed E-state index contributed by atoms with van der Waals surface area (Å²) in [5, 5.41) is 22.9. The van der Waals surface area contributed by atoms with Crippen molar-refractivity contribution in [3.63, 3.8) is 0 Å². The van der Waals surface area contributed by atoms with Gasteiger partial charge in [-0.1, -0.05) is 12.1 Å². The van der Waals surface area contributed by atoms with Gasteiger partial charge in [0.2, 0.25) is 0 Å². The normalized spacial score (nSPS) is 14.6. The molecule has 0 unspecified atom stereocenters. The molecule has 0 spiro atoms. The minimum absolute atomic E-state index is 0.138. The molecule has 1 fully saturated rings. The smallest absolute Gasteiger partial charge is 0.274 e. The number of benzene rings is 1.